The Kier molecular flexibility index (Phi) is 6.38. The van der Waals surface area contributed by atoms with Crippen LogP contribution in [0.5, 0.6) is 5.75 Å². The van der Waals surface area contributed by atoms with Crippen LogP contribution in [0.3, 0.4) is 0 Å². The van der Waals surface area contributed by atoms with Crippen LogP contribution in [0.2, 0.25) is 5.02 Å². The Morgan fingerprint density at radius 1 is 1.04 bits per heavy atom. The summed E-state index contributed by atoms with van der Waals surface area (Å²) in [5.74, 6) is -0.125. The Labute approximate surface area is 146 Å². The Hall–Kier alpha value is -2.33. The van der Waals surface area contributed by atoms with E-state index in [1.165, 1.54) is 0 Å². The lowest BCUT2D eigenvalue weighted by molar-refractivity contribution is -0.137. The molecule has 0 fully saturated rings. The van der Waals surface area contributed by atoms with E-state index in [-0.39, 0.29) is 11.8 Å². The molecule has 0 saturated carbocycles. The fraction of sp³-hybridized carbons (Fsp3) is 0.263. The van der Waals surface area contributed by atoms with Crippen molar-refractivity contribution in [1.29, 1.82) is 0 Å². The molecule has 0 bridgehead atoms. The van der Waals surface area contributed by atoms with Crippen LogP contribution >= 0.6 is 11.6 Å². The molecule has 0 unspecified atom stereocenters. The second-order valence-electron chi connectivity index (χ2n) is 5.90. The van der Waals surface area contributed by atoms with Gasteiger partial charge in [0.15, 0.2) is 0 Å². The van der Waals surface area contributed by atoms with Crippen molar-refractivity contribution in [3.05, 3.63) is 65.2 Å². The third-order valence-corrected chi connectivity index (χ3v) is 3.62. The summed E-state index contributed by atoms with van der Waals surface area (Å²) in [6.45, 7) is 3.97. The predicted octanol–water partition coefficient (Wildman–Crippen LogP) is 4.09. The van der Waals surface area contributed by atoms with Gasteiger partial charge in [-0.1, -0.05) is 43.6 Å². The van der Waals surface area contributed by atoms with Crippen LogP contribution in [0.4, 0.5) is 0 Å². The average molecular weight is 346 g/mol. The third-order valence-electron chi connectivity index (χ3n) is 3.37. The molecule has 1 amide bonds. The molecule has 0 aromatic heterocycles. The van der Waals surface area contributed by atoms with Crippen molar-refractivity contribution in [2.75, 3.05) is 0 Å². The molecule has 0 aliphatic carbocycles. The van der Waals surface area contributed by atoms with Gasteiger partial charge in [-0.25, -0.2) is 4.79 Å². The van der Waals surface area contributed by atoms with E-state index >= 15 is 0 Å². The highest BCUT2D eigenvalue weighted by Gasteiger charge is 2.24. The second-order valence-corrected chi connectivity index (χ2v) is 6.33. The van der Waals surface area contributed by atoms with E-state index in [4.69, 9.17) is 16.3 Å². The number of hydrogen-bond donors (Lipinski definition) is 1. The predicted molar refractivity (Wildman–Crippen MR) is 94.2 cm³/mol. The van der Waals surface area contributed by atoms with E-state index in [9.17, 15) is 9.59 Å². The summed E-state index contributed by atoms with van der Waals surface area (Å²) in [7, 11) is 0. The van der Waals surface area contributed by atoms with Gasteiger partial charge in [0.25, 0.3) is 5.91 Å². The number of hydrogen-bond acceptors (Lipinski definition) is 3. The number of benzene rings is 2. The second kappa shape index (κ2) is 8.50. The summed E-state index contributed by atoms with van der Waals surface area (Å²) in [4.78, 5) is 24.8. The van der Waals surface area contributed by atoms with Crippen molar-refractivity contribution in [3.63, 3.8) is 0 Å². The van der Waals surface area contributed by atoms with Crippen molar-refractivity contribution in [1.82, 2.24) is 5.32 Å². The maximum atomic E-state index is 12.4. The lowest BCUT2D eigenvalue weighted by Crippen LogP contribution is -2.43. The fourth-order valence-electron chi connectivity index (χ4n) is 2.20. The topological polar surface area (TPSA) is 55.4 Å². The number of nitrogens with one attached hydrogen (secondary N) is 1. The Bertz CT molecular complexity index is 684. The fourth-order valence-corrected chi connectivity index (χ4v) is 2.33. The molecule has 2 aromatic carbocycles. The zero-order valence-corrected chi connectivity index (χ0v) is 14.4. The lowest BCUT2D eigenvalue weighted by atomic mass is 10.0. The van der Waals surface area contributed by atoms with Gasteiger partial charge in [0.2, 0.25) is 0 Å². The molecule has 1 atom stereocenters. The number of para-hydroxylation sites is 1. The first-order chi connectivity index (χ1) is 11.5. The average Bonchev–Trinajstić information content (AvgIpc) is 2.55. The van der Waals surface area contributed by atoms with Gasteiger partial charge in [-0.2, -0.15) is 0 Å². The Balaban J connectivity index is 2.08. The summed E-state index contributed by atoms with van der Waals surface area (Å²) < 4.78 is 5.36. The van der Waals surface area contributed by atoms with Crippen molar-refractivity contribution in [2.24, 2.45) is 5.92 Å². The molecule has 1 N–H and O–H groups in total. The number of amides is 1. The molecule has 0 heterocycles. The van der Waals surface area contributed by atoms with E-state index in [1.807, 2.05) is 19.9 Å². The maximum absolute atomic E-state index is 12.4. The number of carbonyl (C=O) groups excluding carboxylic acids is 2. The highest BCUT2D eigenvalue weighted by atomic mass is 35.5. The molecule has 0 aliphatic heterocycles. The SMILES string of the molecule is CC(C)C[C@@H](NC(=O)c1ccc(Cl)cc1)C(=O)Oc1ccccc1. The van der Waals surface area contributed by atoms with Crippen LogP contribution in [-0.2, 0) is 4.79 Å². The Morgan fingerprint density at radius 2 is 1.67 bits per heavy atom. The third kappa shape index (κ3) is 5.39. The first-order valence-corrected chi connectivity index (χ1v) is 8.16. The van der Waals surface area contributed by atoms with E-state index in [2.05, 4.69) is 5.32 Å². The highest BCUT2D eigenvalue weighted by Crippen LogP contribution is 2.14. The first-order valence-electron chi connectivity index (χ1n) is 7.79. The molecule has 24 heavy (non-hydrogen) atoms. The molecule has 0 aliphatic rings. The maximum Gasteiger partial charge on any atom is 0.334 e. The number of carbonyl (C=O) groups is 2. The highest BCUT2D eigenvalue weighted by molar-refractivity contribution is 6.30. The van der Waals surface area contributed by atoms with Crippen LogP contribution in [0.1, 0.15) is 30.6 Å². The van der Waals surface area contributed by atoms with E-state index < -0.39 is 12.0 Å². The van der Waals surface area contributed by atoms with Crippen LogP contribution in [-0.4, -0.2) is 17.9 Å². The molecule has 0 saturated heterocycles. The van der Waals surface area contributed by atoms with Gasteiger partial charge >= 0.3 is 5.97 Å². The van der Waals surface area contributed by atoms with Gasteiger partial charge in [0, 0.05) is 10.6 Å². The van der Waals surface area contributed by atoms with E-state index in [1.54, 1.807) is 48.5 Å². The van der Waals surface area contributed by atoms with Gasteiger partial charge < -0.3 is 10.1 Å². The quantitative estimate of drug-likeness (QED) is 0.633. The van der Waals surface area contributed by atoms with E-state index in [0.717, 1.165) is 0 Å². The zero-order valence-electron chi connectivity index (χ0n) is 13.7. The Morgan fingerprint density at radius 3 is 2.25 bits per heavy atom. The van der Waals surface area contributed by atoms with Crippen molar-refractivity contribution < 1.29 is 14.3 Å². The molecule has 5 heteroatoms. The molecule has 2 rings (SSSR count). The van der Waals surface area contributed by atoms with Crippen molar-refractivity contribution in [2.45, 2.75) is 26.3 Å². The van der Waals surface area contributed by atoms with Crippen LogP contribution in [0.15, 0.2) is 54.6 Å². The smallest absolute Gasteiger partial charge is 0.334 e. The molecular formula is C19H20ClNO3. The van der Waals surface area contributed by atoms with Crippen LogP contribution in [0.25, 0.3) is 0 Å². The summed E-state index contributed by atoms with van der Waals surface area (Å²) >= 11 is 5.83. The summed E-state index contributed by atoms with van der Waals surface area (Å²) in [5.41, 5.74) is 0.445. The minimum Gasteiger partial charge on any atom is -0.425 e. The summed E-state index contributed by atoms with van der Waals surface area (Å²) in [5, 5.41) is 3.30. The van der Waals surface area contributed by atoms with Gasteiger partial charge in [-0.15, -0.1) is 0 Å². The summed E-state index contributed by atoms with van der Waals surface area (Å²) in [6.07, 6.45) is 0.491. The molecular weight excluding hydrogens is 326 g/mol. The molecule has 2 aromatic rings. The standard InChI is InChI=1S/C19H20ClNO3/c1-13(2)12-17(19(23)24-16-6-4-3-5-7-16)21-18(22)14-8-10-15(20)11-9-14/h3-11,13,17H,12H2,1-2H3,(H,21,22)/t17-/m1/s1. The number of esters is 1. The van der Waals surface area contributed by atoms with Gasteiger partial charge in [-0.05, 0) is 48.7 Å². The number of ether oxygens (including phenoxy) is 1. The van der Waals surface area contributed by atoms with Gasteiger partial charge in [0.1, 0.15) is 11.8 Å². The zero-order chi connectivity index (χ0) is 17.5. The number of rotatable bonds is 6. The largest absolute Gasteiger partial charge is 0.425 e. The normalized spacial score (nSPS) is 11.8. The molecule has 126 valence electrons. The van der Waals surface area contributed by atoms with Crippen LogP contribution < -0.4 is 10.1 Å². The minimum atomic E-state index is -0.714. The lowest BCUT2D eigenvalue weighted by Gasteiger charge is -2.19. The van der Waals surface area contributed by atoms with E-state index in [0.29, 0.717) is 22.8 Å². The molecule has 0 radical (unpaired) electrons. The number of halogens is 1. The van der Waals surface area contributed by atoms with Gasteiger partial charge in [0.05, 0.1) is 0 Å². The van der Waals surface area contributed by atoms with Gasteiger partial charge in [-0.3, -0.25) is 4.79 Å². The molecule has 0 spiro atoms. The monoisotopic (exact) mass is 345 g/mol. The first kappa shape index (κ1) is 18.0. The van der Waals surface area contributed by atoms with Crippen LogP contribution in [0, 0.1) is 5.92 Å². The van der Waals surface area contributed by atoms with Crippen molar-refractivity contribution in [3.8, 4) is 5.75 Å². The summed E-state index contributed by atoms with van der Waals surface area (Å²) in [6, 6.07) is 14.6. The van der Waals surface area contributed by atoms with Crippen molar-refractivity contribution >= 4 is 23.5 Å². The molecule has 4 nitrogen and oxygen atoms in total. The minimum absolute atomic E-state index is 0.226.